The van der Waals surface area contributed by atoms with Gasteiger partial charge in [0, 0.05) is 6.54 Å². The number of piperidine rings is 1. The number of benzene rings is 2. The van der Waals surface area contributed by atoms with Gasteiger partial charge in [0.1, 0.15) is 6.04 Å². The highest BCUT2D eigenvalue weighted by molar-refractivity contribution is 6.21. The van der Waals surface area contributed by atoms with Crippen LogP contribution in [0.2, 0.25) is 0 Å². The Kier molecular flexibility index (Phi) is 5.09. The molecule has 0 radical (unpaired) electrons. The van der Waals surface area contributed by atoms with Crippen LogP contribution in [0.25, 0.3) is 0 Å². The normalized spacial score (nSPS) is 20.5. The summed E-state index contributed by atoms with van der Waals surface area (Å²) >= 11 is 0. The van der Waals surface area contributed by atoms with Crippen molar-refractivity contribution in [1.29, 1.82) is 5.26 Å². The first-order valence-corrected chi connectivity index (χ1v) is 9.59. The molecule has 2 heterocycles. The Labute approximate surface area is 164 Å². The molecule has 28 heavy (non-hydrogen) atoms. The van der Waals surface area contributed by atoms with Gasteiger partial charge in [-0.25, -0.2) is 9.69 Å². The molecule has 0 aromatic heterocycles. The van der Waals surface area contributed by atoms with Gasteiger partial charge in [-0.05, 0) is 61.7 Å². The van der Waals surface area contributed by atoms with Crippen molar-refractivity contribution in [3.8, 4) is 6.07 Å². The molecule has 1 unspecified atom stereocenters. The molecule has 142 valence electrons. The van der Waals surface area contributed by atoms with Gasteiger partial charge >= 0.3 is 6.03 Å². The van der Waals surface area contributed by atoms with E-state index in [0.717, 1.165) is 31.5 Å². The number of imide groups is 1. The third-order valence-electron chi connectivity index (χ3n) is 5.49. The number of nitrogens with one attached hydrogen (secondary N) is 1. The minimum atomic E-state index is -0.612. The van der Waals surface area contributed by atoms with Crippen LogP contribution in [0.15, 0.2) is 54.6 Å². The van der Waals surface area contributed by atoms with Crippen LogP contribution in [0, 0.1) is 17.2 Å². The van der Waals surface area contributed by atoms with E-state index in [1.807, 2.05) is 30.3 Å². The van der Waals surface area contributed by atoms with E-state index in [0.29, 0.717) is 23.7 Å². The molecule has 2 aromatic carbocycles. The van der Waals surface area contributed by atoms with Crippen molar-refractivity contribution in [2.24, 2.45) is 5.92 Å². The predicted octanol–water partition coefficient (Wildman–Crippen LogP) is 3.07. The standard InChI is InChI=1S/C22H22N4O2/c23-14-16-6-8-19(9-7-16)26-21(27)20(18-4-2-1-3-5-18)25(22(26)28)15-17-10-12-24-13-11-17/h1-9,17,20,24H,10-13,15H2. The van der Waals surface area contributed by atoms with Crippen LogP contribution in [-0.4, -0.2) is 36.5 Å². The summed E-state index contributed by atoms with van der Waals surface area (Å²) in [5.74, 6) is 0.139. The maximum absolute atomic E-state index is 13.3. The first-order chi connectivity index (χ1) is 13.7. The largest absolute Gasteiger partial charge is 0.332 e. The summed E-state index contributed by atoms with van der Waals surface area (Å²) in [6.45, 7) is 2.45. The van der Waals surface area contributed by atoms with Crippen LogP contribution in [0.4, 0.5) is 10.5 Å². The summed E-state index contributed by atoms with van der Waals surface area (Å²) in [6.07, 6.45) is 1.99. The van der Waals surface area contributed by atoms with Gasteiger partial charge in [0.05, 0.1) is 17.3 Å². The first-order valence-electron chi connectivity index (χ1n) is 9.59. The number of hydrogen-bond donors (Lipinski definition) is 1. The third-order valence-corrected chi connectivity index (χ3v) is 5.49. The average molecular weight is 374 g/mol. The van der Waals surface area contributed by atoms with E-state index in [2.05, 4.69) is 11.4 Å². The summed E-state index contributed by atoms with van der Waals surface area (Å²) in [5, 5.41) is 12.3. The molecule has 2 aromatic rings. The molecule has 2 fully saturated rings. The summed E-state index contributed by atoms with van der Waals surface area (Å²) in [6, 6.07) is 17.2. The molecule has 6 nitrogen and oxygen atoms in total. The van der Waals surface area contributed by atoms with Crippen LogP contribution in [-0.2, 0) is 4.79 Å². The number of nitrogens with zero attached hydrogens (tertiary/aromatic N) is 3. The first kappa shape index (κ1) is 18.2. The Morgan fingerprint density at radius 3 is 2.32 bits per heavy atom. The number of nitriles is 1. The van der Waals surface area contributed by atoms with Gasteiger partial charge in [-0.2, -0.15) is 5.26 Å². The lowest BCUT2D eigenvalue weighted by Crippen LogP contribution is -2.39. The van der Waals surface area contributed by atoms with Crippen molar-refractivity contribution < 1.29 is 9.59 Å². The monoisotopic (exact) mass is 374 g/mol. The van der Waals surface area contributed by atoms with Gasteiger partial charge in [-0.3, -0.25) is 4.79 Å². The molecule has 6 heteroatoms. The number of anilines is 1. The maximum Gasteiger partial charge on any atom is 0.332 e. The lowest BCUT2D eigenvalue weighted by molar-refractivity contribution is -0.120. The van der Waals surface area contributed by atoms with Crippen LogP contribution >= 0.6 is 0 Å². The van der Waals surface area contributed by atoms with Crippen molar-refractivity contribution in [2.45, 2.75) is 18.9 Å². The minimum Gasteiger partial charge on any atom is -0.317 e. The molecule has 2 aliphatic rings. The lowest BCUT2D eigenvalue weighted by atomic mass is 9.96. The Morgan fingerprint density at radius 1 is 1.00 bits per heavy atom. The zero-order valence-corrected chi connectivity index (χ0v) is 15.5. The Hall–Kier alpha value is -3.17. The number of carbonyl (C=O) groups is 2. The van der Waals surface area contributed by atoms with E-state index in [4.69, 9.17) is 5.26 Å². The van der Waals surface area contributed by atoms with E-state index < -0.39 is 6.04 Å². The van der Waals surface area contributed by atoms with Crippen LogP contribution in [0.3, 0.4) is 0 Å². The zero-order chi connectivity index (χ0) is 19.5. The second-order valence-electron chi connectivity index (χ2n) is 7.27. The van der Waals surface area contributed by atoms with Gasteiger partial charge in [0.25, 0.3) is 5.91 Å². The molecular formula is C22H22N4O2. The van der Waals surface area contributed by atoms with Gasteiger partial charge in [-0.1, -0.05) is 30.3 Å². The average Bonchev–Trinajstić information content (AvgIpc) is 2.99. The summed E-state index contributed by atoms with van der Waals surface area (Å²) in [7, 11) is 0. The van der Waals surface area contributed by atoms with Gasteiger partial charge < -0.3 is 10.2 Å². The molecule has 0 aliphatic carbocycles. The molecule has 0 bridgehead atoms. The molecule has 3 amide bonds. The highest BCUT2D eigenvalue weighted by Crippen LogP contribution is 2.35. The minimum absolute atomic E-state index is 0.241. The topological polar surface area (TPSA) is 76.4 Å². The fourth-order valence-electron chi connectivity index (χ4n) is 4.00. The molecule has 4 rings (SSSR count). The number of urea groups is 1. The molecule has 0 saturated carbocycles. The van der Waals surface area contributed by atoms with Crippen molar-refractivity contribution in [3.63, 3.8) is 0 Å². The molecule has 2 aliphatic heterocycles. The molecule has 2 saturated heterocycles. The zero-order valence-electron chi connectivity index (χ0n) is 15.5. The van der Waals surface area contributed by atoms with Crippen molar-refractivity contribution >= 4 is 17.6 Å². The number of hydrogen-bond acceptors (Lipinski definition) is 4. The Balaban J connectivity index is 1.68. The fourth-order valence-corrected chi connectivity index (χ4v) is 4.00. The quantitative estimate of drug-likeness (QED) is 0.835. The van der Waals surface area contributed by atoms with E-state index >= 15 is 0 Å². The molecule has 1 N–H and O–H groups in total. The number of carbonyl (C=O) groups excluding carboxylic acids is 2. The van der Waals surface area contributed by atoms with Crippen molar-refractivity contribution in [2.75, 3.05) is 24.5 Å². The van der Waals surface area contributed by atoms with E-state index in [1.165, 1.54) is 4.90 Å². The number of rotatable bonds is 4. The number of amides is 3. The van der Waals surface area contributed by atoms with Gasteiger partial charge in [-0.15, -0.1) is 0 Å². The van der Waals surface area contributed by atoms with Crippen molar-refractivity contribution in [3.05, 3.63) is 65.7 Å². The summed E-state index contributed by atoms with van der Waals surface area (Å²) in [4.78, 5) is 29.6. The second-order valence-corrected chi connectivity index (χ2v) is 7.27. The molecule has 1 atom stereocenters. The van der Waals surface area contributed by atoms with Crippen LogP contribution in [0.1, 0.15) is 30.0 Å². The molecule has 0 spiro atoms. The van der Waals surface area contributed by atoms with Gasteiger partial charge in [0.2, 0.25) is 0 Å². The van der Waals surface area contributed by atoms with Crippen LogP contribution in [0.5, 0.6) is 0 Å². The SMILES string of the molecule is N#Cc1ccc(N2C(=O)C(c3ccccc3)N(CC3CCNCC3)C2=O)cc1. The van der Waals surface area contributed by atoms with Crippen LogP contribution < -0.4 is 10.2 Å². The van der Waals surface area contributed by atoms with E-state index in [1.54, 1.807) is 29.2 Å². The smallest absolute Gasteiger partial charge is 0.317 e. The Bertz CT molecular complexity index is 898. The lowest BCUT2D eigenvalue weighted by Gasteiger charge is -2.29. The molecular weight excluding hydrogens is 352 g/mol. The highest BCUT2D eigenvalue weighted by atomic mass is 16.2. The Morgan fingerprint density at radius 2 is 1.68 bits per heavy atom. The van der Waals surface area contributed by atoms with Gasteiger partial charge in [0.15, 0.2) is 0 Å². The predicted molar refractivity (Wildman–Crippen MR) is 106 cm³/mol. The second kappa shape index (κ2) is 7.83. The van der Waals surface area contributed by atoms with E-state index in [-0.39, 0.29) is 11.9 Å². The summed E-state index contributed by atoms with van der Waals surface area (Å²) < 4.78 is 0. The third kappa shape index (κ3) is 3.37. The van der Waals surface area contributed by atoms with Crippen molar-refractivity contribution in [1.82, 2.24) is 10.2 Å². The summed E-state index contributed by atoms with van der Waals surface area (Å²) in [5.41, 5.74) is 1.82. The van der Waals surface area contributed by atoms with E-state index in [9.17, 15) is 9.59 Å². The fraction of sp³-hybridized carbons (Fsp3) is 0.318. The highest BCUT2D eigenvalue weighted by Gasteiger charge is 2.47. The maximum atomic E-state index is 13.3.